The molecule has 3 heterocycles. The molecule has 0 aromatic heterocycles. The van der Waals surface area contributed by atoms with Crippen LogP contribution < -0.4 is 0 Å². The van der Waals surface area contributed by atoms with Crippen LogP contribution in [-0.4, -0.2) is 0 Å². The van der Waals surface area contributed by atoms with E-state index < -0.39 is 0 Å². The lowest BCUT2D eigenvalue weighted by Gasteiger charge is -2.33. The van der Waals surface area contributed by atoms with Gasteiger partial charge in [0.15, 0.2) is 12.4 Å². The maximum atomic E-state index is 6.38. The maximum absolute atomic E-state index is 6.38. The molecule has 1 radical (unpaired) electrons. The molecule has 0 saturated heterocycles. The first-order chi connectivity index (χ1) is 14.9. The summed E-state index contributed by atoms with van der Waals surface area (Å²) < 4.78 is 18.3. The Morgan fingerprint density at radius 3 is 2.40 bits per heavy atom. The van der Waals surface area contributed by atoms with Gasteiger partial charge >= 0.3 is 0 Å². The zero-order valence-electron chi connectivity index (χ0n) is 16.3. The van der Waals surface area contributed by atoms with Crippen LogP contribution in [0.3, 0.4) is 0 Å². The molecule has 6 rings (SSSR count). The summed E-state index contributed by atoms with van der Waals surface area (Å²) >= 11 is 0. The van der Waals surface area contributed by atoms with Gasteiger partial charge in [0.05, 0.1) is 11.8 Å². The minimum absolute atomic E-state index is 0.272. The molecule has 1 atom stereocenters. The monoisotopic (exact) mass is 391 g/mol. The summed E-state index contributed by atoms with van der Waals surface area (Å²) in [5.74, 6) is 0.774. The van der Waals surface area contributed by atoms with Gasteiger partial charge in [-0.25, -0.2) is 0 Å². The van der Waals surface area contributed by atoms with Crippen molar-refractivity contribution >= 4 is 17.2 Å². The lowest BCUT2D eigenvalue weighted by atomic mass is 9.84. The van der Waals surface area contributed by atoms with Crippen LogP contribution >= 0.6 is 0 Å². The lowest BCUT2D eigenvalue weighted by molar-refractivity contribution is 0.170. The summed E-state index contributed by atoms with van der Waals surface area (Å²) in [6, 6.07) is 25.0. The Balaban J connectivity index is 1.61. The van der Waals surface area contributed by atoms with E-state index in [9.17, 15) is 0 Å². The Bertz CT molecular complexity index is 1230. The Kier molecular flexibility index (Phi) is 3.98. The smallest absolute Gasteiger partial charge is 0.174 e. The third-order valence-corrected chi connectivity index (χ3v) is 5.84. The van der Waals surface area contributed by atoms with Crippen molar-refractivity contribution in [3.05, 3.63) is 124 Å². The predicted molar refractivity (Wildman–Crippen MR) is 115 cm³/mol. The average Bonchev–Trinajstić information content (AvgIpc) is 2.83. The maximum Gasteiger partial charge on any atom is 0.174 e. The van der Waals surface area contributed by atoms with Crippen molar-refractivity contribution in [2.45, 2.75) is 19.3 Å². The molecule has 1 unspecified atom stereocenters. The molecule has 3 heteroatoms. The van der Waals surface area contributed by atoms with Crippen LogP contribution in [0.1, 0.15) is 39.5 Å². The van der Waals surface area contributed by atoms with Crippen LogP contribution in [0.2, 0.25) is 0 Å². The number of hydrogen-bond acceptors (Lipinski definition) is 3. The van der Waals surface area contributed by atoms with Crippen molar-refractivity contribution in [2.75, 3.05) is 0 Å². The Morgan fingerprint density at radius 2 is 1.50 bits per heavy atom. The summed E-state index contributed by atoms with van der Waals surface area (Å²) in [5.41, 5.74) is 8.65. The van der Waals surface area contributed by atoms with Crippen LogP contribution in [0.15, 0.2) is 84.8 Å². The molecule has 30 heavy (non-hydrogen) atoms. The summed E-state index contributed by atoms with van der Waals surface area (Å²) in [4.78, 5) is 0. The number of allylic oxidation sites excluding steroid dienone is 1. The van der Waals surface area contributed by atoms with Crippen molar-refractivity contribution < 1.29 is 14.2 Å². The molecule has 0 amide bonds. The first-order valence-corrected chi connectivity index (χ1v) is 10.1. The van der Waals surface area contributed by atoms with Crippen LogP contribution in [0.5, 0.6) is 0 Å². The third kappa shape index (κ3) is 2.66. The normalized spacial score (nSPS) is 18.8. The lowest BCUT2D eigenvalue weighted by Crippen LogP contribution is -2.18. The molecule has 0 N–H and O–H groups in total. The van der Waals surface area contributed by atoms with Gasteiger partial charge < -0.3 is 14.2 Å². The Labute approximate surface area is 175 Å². The summed E-state index contributed by atoms with van der Waals surface area (Å²) in [5, 5.41) is 0. The third-order valence-electron chi connectivity index (χ3n) is 5.84. The quantitative estimate of drug-likeness (QED) is 0.533. The van der Waals surface area contributed by atoms with Gasteiger partial charge in [-0.05, 0) is 33.9 Å². The highest BCUT2D eigenvalue weighted by Gasteiger charge is 2.34. The van der Waals surface area contributed by atoms with E-state index >= 15 is 0 Å². The van der Waals surface area contributed by atoms with Gasteiger partial charge in [-0.15, -0.1) is 0 Å². The molecule has 3 aliphatic rings. The van der Waals surface area contributed by atoms with Crippen LogP contribution in [-0.2, 0) is 27.4 Å². The van der Waals surface area contributed by atoms with E-state index in [1.165, 1.54) is 0 Å². The average molecular weight is 391 g/mol. The molecule has 3 aliphatic heterocycles. The fraction of sp³-hybridized carbons (Fsp3) is 0.111. The second-order valence-electron chi connectivity index (χ2n) is 7.56. The highest BCUT2D eigenvalue weighted by atomic mass is 16.5. The van der Waals surface area contributed by atoms with E-state index in [4.69, 9.17) is 14.2 Å². The number of fused-ring (bicyclic) bond motifs is 3. The van der Waals surface area contributed by atoms with Crippen LogP contribution in [0, 0.1) is 6.26 Å². The van der Waals surface area contributed by atoms with E-state index in [0.29, 0.717) is 13.2 Å². The molecule has 0 spiro atoms. The SMILES string of the molecule is [C]1=C(C2=C(C3OC=Cc4ccccc43)c3ccccc3CO2)c2ccccc2CO1. The fourth-order valence-corrected chi connectivity index (χ4v) is 4.42. The van der Waals surface area contributed by atoms with Crippen molar-refractivity contribution in [2.24, 2.45) is 0 Å². The molecule has 0 saturated carbocycles. The molecule has 0 fully saturated rings. The molecule has 3 aromatic carbocycles. The van der Waals surface area contributed by atoms with E-state index in [0.717, 1.165) is 50.3 Å². The highest BCUT2D eigenvalue weighted by Crippen LogP contribution is 2.47. The van der Waals surface area contributed by atoms with Crippen LogP contribution in [0.4, 0.5) is 0 Å². The zero-order valence-corrected chi connectivity index (χ0v) is 16.3. The molecular weight excluding hydrogens is 372 g/mol. The van der Waals surface area contributed by atoms with Gasteiger partial charge in [0, 0.05) is 11.1 Å². The predicted octanol–water partition coefficient (Wildman–Crippen LogP) is 6.04. The molecule has 0 aliphatic carbocycles. The Hall–Kier alpha value is -3.72. The van der Waals surface area contributed by atoms with Crippen molar-refractivity contribution in [1.29, 1.82) is 0 Å². The molecule has 0 bridgehead atoms. The van der Waals surface area contributed by atoms with Gasteiger partial charge in [-0.2, -0.15) is 0 Å². The largest absolute Gasteiger partial charge is 0.488 e. The highest BCUT2D eigenvalue weighted by molar-refractivity contribution is 5.91. The second-order valence-corrected chi connectivity index (χ2v) is 7.56. The van der Waals surface area contributed by atoms with Gasteiger partial charge in [-0.1, -0.05) is 72.8 Å². The van der Waals surface area contributed by atoms with E-state index in [2.05, 4.69) is 54.8 Å². The fourth-order valence-electron chi connectivity index (χ4n) is 4.42. The van der Waals surface area contributed by atoms with Gasteiger partial charge in [0.1, 0.15) is 19.0 Å². The van der Waals surface area contributed by atoms with Crippen molar-refractivity contribution in [1.82, 2.24) is 0 Å². The zero-order chi connectivity index (χ0) is 19.9. The van der Waals surface area contributed by atoms with Crippen molar-refractivity contribution in [3.8, 4) is 0 Å². The molecule has 3 nitrogen and oxygen atoms in total. The summed E-state index contributed by atoms with van der Waals surface area (Å²) in [6.45, 7) is 1.02. The first kappa shape index (κ1) is 17.2. The second kappa shape index (κ2) is 6.96. The first-order valence-electron chi connectivity index (χ1n) is 10.1. The summed E-state index contributed by atoms with van der Waals surface area (Å²) in [6.07, 6.45) is 6.64. The summed E-state index contributed by atoms with van der Waals surface area (Å²) in [7, 11) is 0. The number of rotatable bonds is 2. The number of benzene rings is 3. The van der Waals surface area contributed by atoms with Gasteiger partial charge in [-0.3, -0.25) is 0 Å². The van der Waals surface area contributed by atoms with E-state index in [1.54, 1.807) is 6.26 Å². The van der Waals surface area contributed by atoms with E-state index in [1.807, 2.05) is 30.3 Å². The van der Waals surface area contributed by atoms with Gasteiger partial charge in [0.2, 0.25) is 0 Å². The topological polar surface area (TPSA) is 27.7 Å². The molecule has 145 valence electrons. The minimum Gasteiger partial charge on any atom is -0.488 e. The van der Waals surface area contributed by atoms with Crippen LogP contribution in [0.25, 0.3) is 17.2 Å². The molecule has 3 aromatic rings. The Morgan fingerprint density at radius 1 is 0.767 bits per heavy atom. The molecular formula is C27H19O3. The van der Waals surface area contributed by atoms with E-state index in [-0.39, 0.29) is 6.10 Å². The van der Waals surface area contributed by atoms with Gasteiger partial charge in [0.25, 0.3) is 0 Å². The number of hydrogen-bond donors (Lipinski definition) is 0. The number of ether oxygens (including phenoxy) is 3. The minimum atomic E-state index is -0.272. The van der Waals surface area contributed by atoms with Crippen molar-refractivity contribution in [3.63, 3.8) is 0 Å². The standard InChI is InChI=1S/C27H19O3/c1-6-12-23-18(7-1)13-14-29-26(23)25-22-11-5-3-9-20(22)16-30-27(25)24-17-28-15-19-8-2-4-10-21(19)24/h1-14,26H,15-16H2.